The first kappa shape index (κ1) is 18.3. The fraction of sp³-hybridized carbons (Fsp3) is 0.579. The molecule has 0 spiro atoms. The third kappa shape index (κ3) is 4.28. The van der Waals surface area contributed by atoms with Crippen molar-refractivity contribution in [3.63, 3.8) is 0 Å². The van der Waals surface area contributed by atoms with Crippen molar-refractivity contribution < 1.29 is 14.3 Å². The van der Waals surface area contributed by atoms with Crippen LogP contribution in [0.1, 0.15) is 49.0 Å². The number of rotatable bonds is 5. The van der Waals surface area contributed by atoms with E-state index in [4.69, 9.17) is 4.74 Å². The van der Waals surface area contributed by atoms with Crippen molar-refractivity contribution in [2.45, 2.75) is 39.5 Å². The van der Waals surface area contributed by atoms with Crippen LogP contribution < -0.4 is 4.74 Å². The highest BCUT2D eigenvalue weighted by Gasteiger charge is 2.22. The number of hydrogen-bond acceptors (Lipinski definition) is 3. The first-order valence-corrected chi connectivity index (χ1v) is 8.84. The molecule has 1 aromatic rings. The third-order valence-corrected chi connectivity index (χ3v) is 4.51. The Morgan fingerprint density at radius 1 is 1.08 bits per heavy atom. The van der Waals surface area contributed by atoms with Crippen LogP contribution in [0.25, 0.3) is 0 Å². The van der Waals surface area contributed by atoms with Gasteiger partial charge in [-0.1, -0.05) is 13.8 Å². The van der Waals surface area contributed by atoms with E-state index in [9.17, 15) is 9.59 Å². The molecule has 0 radical (unpaired) electrons. The SMILES string of the molecule is CCCC(=O)N1CCCN(C(=O)c2ccc(OC)c(CC)c2)CC1. The van der Waals surface area contributed by atoms with E-state index in [1.165, 1.54) is 0 Å². The van der Waals surface area contributed by atoms with Crippen LogP contribution in [0, 0.1) is 0 Å². The molecule has 2 amide bonds. The normalized spacial score (nSPS) is 15.1. The van der Waals surface area contributed by atoms with Crippen LogP contribution in [0.2, 0.25) is 0 Å². The van der Waals surface area contributed by atoms with Gasteiger partial charge in [-0.25, -0.2) is 0 Å². The Morgan fingerprint density at radius 3 is 2.46 bits per heavy atom. The van der Waals surface area contributed by atoms with Crippen LogP contribution >= 0.6 is 0 Å². The Bertz CT molecular complexity index is 586. The summed E-state index contributed by atoms with van der Waals surface area (Å²) in [4.78, 5) is 28.6. The average molecular weight is 332 g/mol. The van der Waals surface area contributed by atoms with Gasteiger partial charge in [0.25, 0.3) is 5.91 Å². The number of nitrogens with zero attached hydrogens (tertiary/aromatic N) is 2. The van der Waals surface area contributed by atoms with Crippen molar-refractivity contribution in [1.29, 1.82) is 0 Å². The topological polar surface area (TPSA) is 49.9 Å². The molecule has 1 fully saturated rings. The predicted octanol–water partition coefficient (Wildman–Crippen LogP) is 2.73. The molecule has 132 valence electrons. The van der Waals surface area contributed by atoms with Crippen molar-refractivity contribution in [2.75, 3.05) is 33.3 Å². The van der Waals surface area contributed by atoms with Gasteiger partial charge < -0.3 is 14.5 Å². The predicted molar refractivity (Wildman–Crippen MR) is 94.4 cm³/mol. The van der Waals surface area contributed by atoms with Gasteiger partial charge in [-0.05, 0) is 43.0 Å². The largest absolute Gasteiger partial charge is 0.496 e. The lowest BCUT2D eigenvalue weighted by atomic mass is 10.1. The Morgan fingerprint density at radius 2 is 1.79 bits per heavy atom. The second-order valence-corrected chi connectivity index (χ2v) is 6.16. The third-order valence-electron chi connectivity index (χ3n) is 4.51. The van der Waals surface area contributed by atoms with Gasteiger partial charge in [-0.15, -0.1) is 0 Å². The highest BCUT2D eigenvalue weighted by molar-refractivity contribution is 5.94. The number of amides is 2. The Balaban J connectivity index is 2.06. The highest BCUT2D eigenvalue weighted by Crippen LogP contribution is 2.21. The first-order chi connectivity index (χ1) is 11.6. The van der Waals surface area contributed by atoms with Gasteiger partial charge in [0.15, 0.2) is 0 Å². The summed E-state index contributed by atoms with van der Waals surface area (Å²) >= 11 is 0. The number of ether oxygens (including phenoxy) is 1. The van der Waals surface area contributed by atoms with Gasteiger partial charge in [0.05, 0.1) is 7.11 Å². The molecule has 24 heavy (non-hydrogen) atoms. The molecule has 1 heterocycles. The Kier molecular flexibility index (Phi) is 6.64. The molecule has 0 N–H and O–H groups in total. The van der Waals surface area contributed by atoms with Crippen molar-refractivity contribution >= 4 is 11.8 Å². The van der Waals surface area contributed by atoms with E-state index in [-0.39, 0.29) is 11.8 Å². The molecule has 0 unspecified atom stereocenters. The van der Waals surface area contributed by atoms with E-state index in [0.717, 1.165) is 37.1 Å². The smallest absolute Gasteiger partial charge is 0.253 e. The lowest BCUT2D eigenvalue weighted by molar-refractivity contribution is -0.131. The number of methoxy groups -OCH3 is 1. The van der Waals surface area contributed by atoms with Crippen molar-refractivity contribution in [3.05, 3.63) is 29.3 Å². The number of aryl methyl sites for hydroxylation is 1. The molecule has 1 saturated heterocycles. The Labute approximate surface area is 144 Å². The summed E-state index contributed by atoms with van der Waals surface area (Å²) in [6.45, 7) is 6.73. The molecule has 0 bridgehead atoms. The molecule has 2 rings (SSSR count). The molecule has 0 aromatic heterocycles. The summed E-state index contributed by atoms with van der Waals surface area (Å²) in [6, 6.07) is 5.61. The van der Waals surface area contributed by atoms with E-state index in [0.29, 0.717) is 31.6 Å². The minimum Gasteiger partial charge on any atom is -0.496 e. The van der Waals surface area contributed by atoms with Gasteiger partial charge in [0.2, 0.25) is 5.91 Å². The molecule has 5 nitrogen and oxygen atoms in total. The molecular formula is C19H28N2O3. The van der Waals surface area contributed by atoms with Crippen LogP contribution in [0.3, 0.4) is 0 Å². The molecule has 0 atom stereocenters. The maximum Gasteiger partial charge on any atom is 0.253 e. The van der Waals surface area contributed by atoms with E-state index < -0.39 is 0 Å². The van der Waals surface area contributed by atoms with Crippen molar-refractivity contribution in [1.82, 2.24) is 9.80 Å². The highest BCUT2D eigenvalue weighted by atomic mass is 16.5. The van der Waals surface area contributed by atoms with E-state index in [1.807, 2.05) is 34.9 Å². The summed E-state index contributed by atoms with van der Waals surface area (Å²) in [7, 11) is 1.65. The maximum absolute atomic E-state index is 12.8. The number of carbonyl (C=O) groups excluding carboxylic acids is 2. The van der Waals surface area contributed by atoms with Crippen LogP contribution in [-0.4, -0.2) is 54.9 Å². The fourth-order valence-corrected chi connectivity index (χ4v) is 3.11. The average Bonchev–Trinajstić information content (AvgIpc) is 2.86. The molecule has 1 aliphatic heterocycles. The fourth-order valence-electron chi connectivity index (χ4n) is 3.11. The molecule has 0 saturated carbocycles. The minimum absolute atomic E-state index is 0.0390. The van der Waals surface area contributed by atoms with Crippen molar-refractivity contribution in [2.24, 2.45) is 0 Å². The number of hydrogen-bond donors (Lipinski definition) is 0. The summed E-state index contributed by atoms with van der Waals surface area (Å²) in [5.74, 6) is 1.06. The zero-order valence-corrected chi connectivity index (χ0v) is 15.0. The van der Waals surface area contributed by atoms with E-state index in [2.05, 4.69) is 6.92 Å². The molecular weight excluding hydrogens is 304 g/mol. The van der Waals surface area contributed by atoms with Gasteiger partial charge in [0, 0.05) is 38.2 Å². The lowest BCUT2D eigenvalue weighted by Gasteiger charge is -2.22. The molecule has 5 heteroatoms. The summed E-state index contributed by atoms with van der Waals surface area (Å²) < 4.78 is 5.33. The zero-order chi connectivity index (χ0) is 17.5. The van der Waals surface area contributed by atoms with Crippen molar-refractivity contribution in [3.8, 4) is 5.75 Å². The monoisotopic (exact) mass is 332 g/mol. The van der Waals surface area contributed by atoms with Crippen LogP contribution in [-0.2, 0) is 11.2 Å². The van der Waals surface area contributed by atoms with Gasteiger partial charge in [-0.2, -0.15) is 0 Å². The second-order valence-electron chi connectivity index (χ2n) is 6.16. The number of carbonyl (C=O) groups is 2. The molecule has 0 aliphatic carbocycles. The summed E-state index contributed by atoms with van der Waals surface area (Å²) in [6.07, 6.45) is 3.11. The quantitative estimate of drug-likeness (QED) is 0.833. The van der Waals surface area contributed by atoms with Gasteiger partial charge >= 0.3 is 0 Å². The van der Waals surface area contributed by atoms with Gasteiger partial charge in [-0.3, -0.25) is 9.59 Å². The lowest BCUT2D eigenvalue weighted by Crippen LogP contribution is -2.37. The van der Waals surface area contributed by atoms with E-state index >= 15 is 0 Å². The van der Waals surface area contributed by atoms with Gasteiger partial charge in [0.1, 0.15) is 5.75 Å². The van der Waals surface area contributed by atoms with Crippen LogP contribution in [0.4, 0.5) is 0 Å². The summed E-state index contributed by atoms with van der Waals surface area (Å²) in [5, 5.41) is 0. The van der Waals surface area contributed by atoms with Crippen LogP contribution in [0.5, 0.6) is 5.75 Å². The van der Waals surface area contributed by atoms with E-state index in [1.54, 1.807) is 7.11 Å². The second kappa shape index (κ2) is 8.71. The number of benzene rings is 1. The minimum atomic E-state index is 0.0390. The first-order valence-electron chi connectivity index (χ1n) is 8.84. The Hall–Kier alpha value is -2.04. The molecule has 1 aromatic carbocycles. The van der Waals surface area contributed by atoms with Crippen LogP contribution in [0.15, 0.2) is 18.2 Å². The zero-order valence-electron chi connectivity index (χ0n) is 15.0. The maximum atomic E-state index is 12.8. The standard InChI is InChI=1S/C19H28N2O3/c1-4-7-18(22)20-10-6-11-21(13-12-20)19(23)16-8-9-17(24-3)15(5-2)14-16/h8-9,14H,4-7,10-13H2,1-3H3. The summed E-state index contributed by atoms with van der Waals surface area (Å²) in [5.41, 5.74) is 1.74. The molecule has 1 aliphatic rings.